The van der Waals surface area contributed by atoms with Gasteiger partial charge in [-0.1, -0.05) is 42.5 Å². The second-order valence-electron chi connectivity index (χ2n) is 7.77. The third-order valence-corrected chi connectivity index (χ3v) is 4.57. The lowest BCUT2D eigenvalue weighted by molar-refractivity contribution is 0.323. The summed E-state index contributed by atoms with van der Waals surface area (Å²) in [6.07, 6.45) is 3.72. The van der Waals surface area contributed by atoms with Crippen molar-refractivity contribution in [3.8, 4) is 0 Å². The van der Waals surface area contributed by atoms with E-state index >= 15 is 0 Å². The average Bonchev–Trinajstić information content (AvgIpc) is 2.80. The summed E-state index contributed by atoms with van der Waals surface area (Å²) in [6, 6.07) is 0. The molecule has 0 unspecified atom stereocenters. The lowest BCUT2D eigenvalue weighted by Gasteiger charge is -2.17. The van der Waals surface area contributed by atoms with Crippen LogP contribution in [0, 0.1) is 0 Å². The molecule has 2 aliphatic rings. The van der Waals surface area contributed by atoms with E-state index in [0.717, 1.165) is 72.0 Å². The first-order valence-corrected chi connectivity index (χ1v) is 11.6. The molecule has 0 aromatic heterocycles. The Morgan fingerprint density at radius 3 is 1.16 bits per heavy atom. The predicted octanol–water partition coefficient (Wildman–Crippen LogP) is 1.92. The zero-order chi connectivity index (χ0) is 20.7. The molecule has 0 amide bonds. The van der Waals surface area contributed by atoms with E-state index in [1.54, 1.807) is 0 Å². The van der Waals surface area contributed by atoms with Gasteiger partial charge < -0.3 is 36.4 Å². The molecule has 0 atom stereocenters. The summed E-state index contributed by atoms with van der Waals surface area (Å²) in [6.45, 7) is 20.1. The maximum Gasteiger partial charge on any atom is 0.0104 e. The van der Waals surface area contributed by atoms with Crippen LogP contribution in [0.1, 0.15) is 55.4 Å². The highest BCUT2D eigenvalue weighted by Gasteiger charge is 2.00. The summed E-state index contributed by atoms with van der Waals surface area (Å²) >= 11 is 0. The van der Waals surface area contributed by atoms with Crippen molar-refractivity contribution in [3.63, 3.8) is 0 Å². The normalized spacial score (nSPS) is 20.5. The predicted molar refractivity (Wildman–Crippen MR) is 145 cm³/mol. The molecule has 0 bridgehead atoms. The van der Waals surface area contributed by atoms with E-state index in [-0.39, 0.29) is 22.3 Å². The average molecular weight is 450 g/mol. The van der Waals surface area contributed by atoms with Crippen LogP contribution in [0.4, 0.5) is 0 Å². The highest BCUT2D eigenvalue weighted by molar-refractivity contribution is 4.62. The molecule has 2 heterocycles. The Morgan fingerprint density at radius 2 is 0.742 bits per heavy atom. The van der Waals surface area contributed by atoms with E-state index in [9.17, 15) is 0 Å². The minimum atomic E-state index is 0. The van der Waals surface area contributed by atoms with Gasteiger partial charge in [-0.2, -0.15) is 0 Å². The highest BCUT2D eigenvalue weighted by atomic mass is 15.1. The second kappa shape index (κ2) is 31.9. The van der Waals surface area contributed by atoms with Crippen LogP contribution >= 0.6 is 0 Å². The van der Waals surface area contributed by atoms with Gasteiger partial charge in [-0.15, -0.1) is 0 Å². The van der Waals surface area contributed by atoms with E-state index in [1.165, 1.54) is 38.9 Å². The van der Waals surface area contributed by atoms with E-state index in [2.05, 4.69) is 64.3 Å². The molecule has 0 aromatic carbocycles. The maximum atomic E-state index is 3.47. The summed E-state index contributed by atoms with van der Waals surface area (Å²) in [5.41, 5.74) is 0. The van der Waals surface area contributed by atoms with Crippen molar-refractivity contribution in [2.45, 2.75) is 55.4 Å². The van der Waals surface area contributed by atoms with Crippen LogP contribution in [-0.4, -0.2) is 116 Å². The molecule has 0 radical (unpaired) electrons. The zero-order valence-electron chi connectivity index (χ0n) is 19.4. The summed E-state index contributed by atoms with van der Waals surface area (Å²) in [5, 5.41) is 17.1. The monoisotopic (exact) mass is 450 g/mol. The van der Waals surface area contributed by atoms with Crippen LogP contribution in [0.2, 0.25) is 0 Å². The fraction of sp³-hybridized carbons (Fsp3) is 1.00. The lowest BCUT2D eigenvalue weighted by atomic mass is 10.3. The van der Waals surface area contributed by atoms with E-state index in [0.29, 0.717) is 0 Å². The first-order valence-electron chi connectivity index (χ1n) is 11.6. The molecule has 2 saturated heterocycles. The molecule has 0 aliphatic carbocycles. The largest absolute Gasteiger partial charge is 0.315 e. The standard InChI is InChI=1S/C11H26N4.C7H17N3.C3H8.3CH4/c1-15-10-3-6-13-8-7-12-4-2-5-14-9-11-15;1-10-6-4-8-2-3-9-5-7-10;1-3-2;;;/h12-14H,2-11H2,1H3;8-9H,2-7H2,1H3;3H2,1-2H3;3*1H4. The molecule has 0 aromatic rings. The molecule has 31 heavy (non-hydrogen) atoms. The fourth-order valence-electron chi connectivity index (χ4n) is 2.82. The van der Waals surface area contributed by atoms with E-state index < -0.39 is 0 Å². The summed E-state index contributed by atoms with van der Waals surface area (Å²) < 4.78 is 0. The number of hydrogen-bond acceptors (Lipinski definition) is 7. The molecule has 2 fully saturated rings. The van der Waals surface area contributed by atoms with Gasteiger partial charge in [0.1, 0.15) is 0 Å². The van der Waals surface area contributed by atoms with Gasteiger partial charge in [0, 0.05) is 65.4 Å². The van der Waals surface area contributed by atoms with Gasteiger partial charge in [-0.3, -0.25) is 0 Å². The molecule has 194 valence electrons. The first kappa shape index (κ1) is 38.0. The Bertz CT molecular complexity index is 269. The zero-order valence-corrected chi connectivity index (χ0v) is 19.4. The Kier molecular flexibility index (Phi) is 39.1. The van der Waals surface area contributed by atoms with Crippen LogP contribution in [0.15, 0.2) is 0 Å². The molecule has 5 N–H and O–H groups in total. The van der Waals surface area contributed by atoms with Crippen molar-refractivity contribution in [1.82, 2.24) is 36.4 Å². The minimum Gasteiger partial charge on any atom is -0.315 e. The highest BCUT2D eigenvalue weighted by Crippen LogP contribution is 1.86. The molecule has 0 spiro atoms. The number of nitrogens with one attached hydrogen (secondary N) is 5. The molecule has 7 nitrogen and oxygen atoms in total. The molecular weight excluding hydrogens is 386 g/mol. The Balaban J connectivity index is -0.000000200. The topological polar surface area (TPSA) is 66.6 Å². The van der Waals surface area contributed by atoms with Crippen LogP contribution < -0.4 is 26.6 Å². The lowest BCUT2D eigenvalue weighted by Crippen LogP contribution is -2.35. The smallest absolute Gasteiger partial charge is 0.0104 e. The van der Waals surface area contributed by atoms with Gasteiger partial charge in [0.25, 0.3) is 0 Å². The Hall–Kier alpha value is -0.280. The van der Waals surface area contributed by atoms with Gasteiger partial charge in [0.15, 0.2) is 0 Å². The van der Waals surface area contributed by atoms with Gasteiger partial charge >= 0.3 is 0 Å². The molecule has 2 rings (SSSR count). The summed E-state index contributed by atoms with van der Waals surface area (Å²) in [7, 11) is 4.36. The van der Waals surface area contributed by atoms with E-state index in [1.807, 2.05) is 0 Å². The fourth-order valence-corrected chi connectivity index (χ4v) is 2.82. The first-order chi connectivity index (χ1) is 13.7. The summed E-state index contributed by atoms with van der Waals surface area (Å²) in [4.78, 5) is 4.74. The van der Waals surface area contributed by atoms with Crippen molar-refractivity contribution in [1.29, 1.82) is 0 Å². The van der Waals surface area contributed by atoms with Gasteiger partial charge in [-0.25, -0.2) is 0 Å². The van der Waals surface area contributed by atoms with Gasteiger partial charge in [-0.05, 0) is 53.1 Å². The third kappa shape index (κ3) is 32.0. The molecular formula is C24H63N7. The quantitative estimate of drug-likeness (QED) is 0.387. The third-order valence-electron chi connectivity index (χ3n) is 4.57. The van der Waals surface area contributed by atoms with Crippen LogP contribution in [0.5, 0.6) is 0 Å². The van der Waals surface area contributed by atoms with Crippen molar-refractivity contribution >= 4 is 0 Å². The van der Waals surface area contributed by atoms with Crippen LogP contribution in [0.3, 0.4) is 0 Å². The van der Waals surface area contributed by atoms with Crippen LogP contribution in [-0.2, 0) is 0 Å². The molecule has 2 aliphatic heterocycles. The van der Waals surface area contributed by atoms with Gasteiger partial charge in [0.2, 0.25) is 0 Å². The van der Waals surface area contributed by atoms with Crippen LogP contribution in [0.25, 0.3) is 0 Å². The van der Waals surface area contributed by atoms with E-state index in [4.69, 9.17) is 0 Å². The molecule has 0 saturated carbocycles. The van der Waals surface area contributed by atoms with Crippen molar-refractivity contribution in [3.05, 3.63) is 0 Å². The van der Waals surface area contributed by atoms with Crippen molar-refractivity contribution in [2.75, 3.05) is 106 Å². The van der Waals surface area contributed by atoms with Crippen molar-refractivity contribution < 1.29 is 0 Å². The minimum absolute atomic E-state index is 0. The Morgan fingerprint density at radius 1 is 0.452 bits per heavy atom. The second-order valence-corrected chi connectivity index (χ2v) is 7.77. The number of likely N-dealkylation sites (N-methyl/N-ethyl adjacent to an activating group) is 2. The molecule has 7 heteroatoms. The number of rotatable bonds is 0. The Labute approximate surface area is 197 Å². The summed E-state index contributed by atoms with van der Waals surface area (Å²) in [5.74, 6) is 0. The van der Waals surface area contributed by atoms with Gasteiger partial charge in [0.05, 0.1) is 0 Å². The SMILES string of the molecule is C.C.C.CCC.CN1CCCNCCNCCCNCC1.CN1CCNCCNCC1. The van der Waals surface area contributed by atoms with Crippen molar-refractivity contribution in [2.24, 2.45) is 0 Å². The maximum absolute atomic E-state index is 3.47. The number of nitrogens with zero attached hydrogens (tertiary/aromatic N) is 2. The number of hydrogen-bond donors (Lipinski definition) is 5.